The number of likely N-dealkylation sites (tertiary alicyclic amines) is 1. The van der Waals surface area contributed by atoms with Gasteiger partial charge in [0.25, 0.3) is 0 Å². The molecule has 2 aliphatic rings. The van der Waals surface area contributed by atoms with Crippen LogP contribution in [0.3, 0.4) is 0 Å². The summed E-state index contributed by atoms with van der Waals surface area (Å²) in [4.78, 5) is 2.79. The van der Waals surface area contributed by atoms with Crippen molar-refractivity contribution in [1.82, 2.24) is 10.2 Å². The van der Waals surface area contributed by atoms with Crippen LogP contribution in [0, 0.1) is 5.41 Å². The lowest BCUT2D eigenvalue weighted by molar-refractivity contribution is 0.0524. The highest BCUT2D eigenvalue weighted by Gasteiger charge is 2.37. The van der Waals surface area contributed by atoms with Crippen LogP contribution >= 0.6 is 0 Å². The highest BCUT2D eigenvalue weighted by Crippen LogP contribution is 2.38. The van der Waals surface area contributed by atoms with Gasteiger partial charge in [-0.2, -0.15) is 0 Å². The van der Waals surface area contributed by atoms with Crippen molar-refractivity contribution in [3.8, 4) is 0 Å². The number of rotatable bonds is 4. The van der Waals surface area contributed by atoms with Gasteiger partial charge in [-0.15, -0.1) is 0 Å². The summed E-state index contributed by atoms with van der Waals surface area (Å²) < 4.78 is 0. The van der Waals surface area contributed by atoms with Gasteiger partial charge in [-0.1, -0.05) is 27.2 Å². The van der Waals surface area contributed by atoms with E-state index in [9.17, 15) is 0 Å². The summed E-state index contributed by atoms with van der Waals surface area (Å²) in [6.07, 6.45) is 9.67. The predicted molar refractivity (Wildman–Crippen MR) is 78.9 cm³/mol. The van der Waals surface area contributed by atoms with Crippen LogP contribution in [0.4, 0.5) is 0 Å². The molecule has 2 atom stereocenters. The third-order valence-electron chi connectivity index (χ3n) is 4.87. The molecule has 0 aromatic rings. The molecule has 0 aromatic carbocycles. The van der Waals surface area contributed by atoms with E-state index in [1.54, 1.807) is 0 Å². The van der Waals surface area contributed by atoms with Gasteiger partial charge >= 0.3 is 0 Å². The van der Waals surface area contributed by atoms with Crippen molar-refractivity contribution in [3.63, 3.8) is 0 Å². The van der Waals surface area contributed by atoms with Crippen molar-refractivity contribution in [2.75, 3.05) is 19.6 Å². The molecule has 18 heavy (non-hydrogen) atoms. The maximum absolute atomic E-state index is 3.81. The molecule has 2 unspecified atom stereocenters. The molecule has 1 N–H and O–H groups in total. The Kier molecular flexibility index (Phi) is 5.08. The standard InChI is InChI=1S/C16H32N2/c1-4-10-17-14-8-9-16(2,3)13-15(14)18-11-6-5-7-12-18/h14-15,17H,4-13H2,1-3H3. The summed E-state index contributed by atoms with van der Waals surface area (Å²) in [5.41, 5.74) is 0.548. The largest absolute Gasteiger partial charge is 0.312 e. The predicted octanol–water partition coefficient (Wildman–Crippen LogP) is 3.42. The van der Waals surface area contributed by atoms with Crippen LogP contribution in [0.5, 0.6) is 0 Å². The lowest BCUT2D eigenvalue weighted by atomic mass is 9.72. The van der Waals surface area contributed by atoms with E-state index in [-0.39, 0.29) is 0 Å². The smallest absolute Gasteiger partial charge is 0.0254 e. The molecule has 1 saturated heterocycles. The number of piperidine rings is 1. The van der Waals surface area contributed by atoms with Crippen molar-refractivity contribution in [1.29, 1.82) is 0 Å². The summed E-state index contributed by atoms with van der Waals surface area (Å²) in [7, 11) is 0. The van der Waals surface area contributed by atoms with Crippen molar-refractivity contribution in [2.24, 2.45) is 5.41 Å². The molecule has 2 fully saturated rings. The molecule has 1 aliphatic carbocycles. The van der Waals surface area contributed by atoms with E-state index in [1.807, 2.05) is 0 Å². The summed E-state index contributed by atoms with van der Waals surface area (Å²) in [5.74, 6) is 0. The summed E-state index contributed by atoms with van der Waals surface area (Å²) in [5, 5.41) is 3.81. The fourth-order valence-electron chi connectivity index (χ4n) is 3.75. The van der Waals surface area contributed by atoms with Gasteiger partial charge in [0.1, 0.15) is 0 Å². The van der Waals surface area contributed by atoms with Crippen molar-refractivity contribution in [2.45, 2.75) is 77.8 Å². The number of nitrogens with one attached hydrogen (secondary N) is 1. The average Bonchev–Trinajstić information content (AvgIpc) is 2.38. The third-order valence-corrected chi connectivity index (χ3v) is 4.87. The Morgan fingerprint density at radius 3 is 2.56 bits per heavy atom. The molecule has 0 bridgehead atoms. The summed E-state index contributed by atoms with van der Waals surface area (Å²) in [6.45, 7) is 11.1. The summed E-state index contributed by atoms with van der Waals surface area (Å²) >= 11 is 0. The van der Waals surface area contributed by atoms with Gasteiger partial charge in [-0.25, -0.2) is 0 Å². The van der Waals surface area contributed by atoms with E-state index in [2.05, 4.69) is 31.0 Å². The second-order valence-electron chi connectivity index (χ2n) is 7.13. The van der Waals surface area contributed by atoms with Gasteiger partial charge in [0.15, 0.2) is 0 Å². The molecule has 0 spiro atoms. The number of hydrogen-bond donors (Lipinski definition) is 1. The first kappa shape index (κ1) is 14.3. The number of nitrogens with zero attached hydrogens (tertiary/aromatic N) is 1. The van der Waals surface area contributed by atoms with Crippen LogP contribution in [-0.4, -0.2) is 36.6 Å². The average molecular weight is 252 g/mol. The van der Waals surface area contributed by atoms with E-state index in [4.69, 9.17) is 0 Å². The molecule has 0 aromatic heterocycles. The molecule has 2 heteroatoms. The molecule has 2 rings (SSSR count). The third kappa shape index (κ3) is 3.71. The van der Waals surface area contributed by atoms with Crippen LogP contribution in [-0.2, 0) is 0 Å². The zero-order valence-electron chi connectivity index (χ0n) is 12.7. The Bertz CT molecular complexity index is 243. The van der Waals surface area contributed by atoms with Crippen molar-refractivity contribution >= 4 is 0 Å². The molecular weight excluding hydrogens is 220 g/mol. The van der Waals surface area contributed by atoms with Gasteiger partial charge in [0.05, 0.1) is 0 Å². The molecule has 0 amide bonds. The minimum absolute atomic E-state index is 0.548. The van der Waals surface area contributed by atoms with E-state index in [0.29, 0.717) is 5.41 Å². The Morgan fingerprint density at radius 2 is 1.89 bits per heavy atom. The Balaban J connectivity index is 1.98. The van der Waals surface area contributed by atoms with E-state index in [0.717, 1.165) is 12.1 Å². The molecular formula is C16H32N2. The zero-order chi connectivity index (χ0) is 13.0. The van der Waals surface area contributed by atoms with Crippen LogP contribution in [0.1, 0.15) is 65.7 Å². The monoisotopic (exact) mass is 252 g/mol. The van der Waals surface area contributed by atoms with Crippen LogP contribution in [0.2, 0.25) is 0 Å². The van der Waals surface area contributed by atoms with E-state index >= 15 is 0 Å². The van der Waals surface area contributed by atoms with Gasteiger partial charge in [0.2, 0.25) is 0 Å². The first-order chi connectivity index (χ1) is 8.62. The Morgan fingerprint density at radius 1 is 1.17 bits per heavy atom. The molecule has 1 heterocycles. The SMILES string of the molecule is CCCNC1CCC(C)(C)CC1N1CCCCC1. The molecule has 1 saturated carbocycles. The maximum Gasteiger partial charge on any atom is 0.0254 e. The Labute approximate surface area is 114 Å². The molecule has 2 nitrogen and oxygen atoms in total. The van der Waals surface area contributed by atoms with Crippen molar-refractivity contribution < 1.29 is 0 Å². The minimum atomic E-state index is 0.548. The fraction of sp³-hybridized carbons (Fsp3) is 1.00. The highest BCUT2D eigenvalue weighted by molar-refractivity contribution is 4.95. The second kappa shape index (κ2) is 6.38. The minimum Gasteiger partial charge on any atom is -0.312 e. The van der Waals surface area contributed by atoms with Gasteiger partial charge < -0.3 is 5.32 Å². The van der Waals surface area contributed by atoms with Gasteiger partial charge in [-0.3, -0.25) is 4.90 Å². The van der Waals surface area contributed by atoms with Crippen LogP contribution < -0.4 is 5.32 Å². The molecule has 1 aliphatic heterocycles. The fourth-order valence-corrected chi connectivity index (χ4v) is 3.75. The number of hydrogen-bond acceptors (Lipinski definition) is 2. The van der Waals surface area contributed by atoms with Gasteiger partial charge in [0, 0.05) is 12.1 Å². The molecule has 106 valence electrons. The van der Waals surface area contributed by atoms with Crippen LogP contribution in [0.15, 0.2) is 0 Å². The van der Waals surface area contributed by atoms with E-state index < -0.39 is 0 Å². The highest BCUT2D eigenvalue weighted by atomic mass is 15.2. The Hall–Kier alpha value is -0.0800. The second-order valence-corrected chi connectivity index (χ2v) is 7.13. The first-order valence-corrected chi connectivity index (χ1v) is 8.10. The van der Waals surface area contributed by atoms with Crippen molar-refractivity contribution in [3.05, 3.63) is 0 Å². The normalized spacial score (nSPS) is 33.5. The van der Waals surface area contributed by atoms with Gasteiger partial charge in [-0.05, 0) is 63.6 Å². The lowest BCUT2D eigenvalue weighted by Gasteiger charge is -2.47. The first-order valence-electron chi connectivity index (χ1n) is 8.10. The van der Waals surface area contributed by atoms with E-state index in [1.165, 1.54) is 64.6 Å². The quantitative estimate of drug-likeness (QED) is 0.825. The maximum atomic E-state index is 3.81. The van der Waals surface area contributed by atoms with Crippen LogP contribution in [0.25, 0.3) is 0 Å². The summed E-state index contributed by atoms with van der Waals surface area (Å²) in [6, 6.07) is 1.54. The zero-order valence-corrected chi connectivity index (χ0v) is 12.7. The topological polar surface area (TPSA) is 15.3 Å². The lowest BCUT2D eigenvalue weighted by Crippen LogP contribution is -2.56. The molecule has 0 radical (unpaired) electrons.